The van der Waals surface area contributed by atoms with Crippen LogP contribution in [0.2, 0.25) is 0 Å². The van der Waals surface area contributed by atoms with Gasteiger partial charge in [-0.1, -0.05) is 0 Å². The summed E-state index contributed by atoms with van der Waals surface area (Å²) < 4.78 is 4.85. The number of carbonyl (C=O) groups excluding carboxylic acids is 3. The number of hydrogen-bond acceptors (Lipinski definition) is 7. The second-order valence-corrected chi connectivity index (χ2v) is 4.34. The molecular weight excluding hydrogens is 278 g/mol. The number of ether oxygens (including phenoxy) is 1. The lowest BCUT2D eigenvalue weighted by Gasteiger charge is -2.16. The fourth-order valence-corrected chi connectivity index (χ4v) is 1.73. The quantitative estimate of drug-likeness (QED) is 0.695. The van der Waals surface area contributed by atoms with Crippen LogP contribution < -0.4 is 10.2 Å². The maximum absolute atomic E-state index is 11.7. The van der Waals surface area contributed by atoms with Crippen molar-refractivity contribution >= 4 is 23.9 Å². The predicted octanol–water partition coefficient (Wildman–Crippen LogP) is -0.992. The van der Waals surface area contributed by atoms with Gasteiger partial charge in [-0.25, -0.2) is 14.8 Å². The summed E-state index contributed by atoms with van der Waals surface area (Å²) in [5.41, 5.74) is 0. The molecule has 9 nitrogen and oxygen atoms in total. The molecule has 0 aliphatic carbocycles. The van der Waals surface area contributed by atoms with Gasteiger partial charge in [0.25, 0.3) is 5.91 Å². The lowest BCUT2D eigenvalue weighted by molar-refractivity contribution is -0.149. The van der Waals surface area contributed by atoms with Crippen molar-refractivity contribution in [3.8, 4) is 0 Å². The van der Waals surface area contributed by atoms with Gasteiger partial charge in [-0.05, 0) is 6.07 Å². The first kappa shape index (κ1) is 14.7. The Hall–Kier alpha value is -2.71. The smallest absolute Gasteiger partial charge is 0.326 e. The second kappa shape index (κ2) is 6.64. The molecule has 0 saturated carbocycles. The van der Waals surface area contributed by atoms with E-state index in [1.54, 1.807) is 25.5 Å². The molecule has 3 amide bonds. The van der Waals surface area contributed by atoms with Gasteiger partial charge in [0.1, 0.15) is 6.54 Å². The molecule has 0 atom stereocenters. The molecule has 21 heavy (non-hydrogen) atoms. The topological polar surface area (TPSA) is 105 Å². The molecule has 0 radical (unpaired) electrons. The predicted molar refractivity (Wildman–Crippen MR) is 71.4 cm³/mol. The van der Waals surface area contributed by atoms with Crippen molar-refractivity contribution in [2.45, 2.75) is 0 Å². The molecule has 1 N–H and O–H groups in total. The van der Waals surface area contributed by atoms with Gasteiger partial charge in [-0.2, -0.15) is 0 Å². The maximum atomic E-state index is 11.7. The average molecular weight is 293 g/mol. The molecule has 0 bridgehead atoms. The van der Waals surface area contributed by atoms with Crippen molar-refractivity contribution < 1.29 is 19.1 Å². The summed E-state index contributed by atoms with van der Waals surface area (Å²) in [7, 11) is 1.63. The van der Waals surface area contributed by atoms with Crippen molar-refractivity contribution in [2.75, 3.05) is 38.2 Å². The highest BCUT2D eigenvalue weighted by Crippen LogP contribution is 2.02. The van der Waals surface area contributed by atoms with Crippen LogP contribution in [0.1, 0.15) is 0 Å². The van der Waals surface area contributed by atoms with Gasteiger partial charge in [-0.3, -0.25) is 14.5 Å². The molecule has 1 aromatic rings. The standard InChI is InChI=1S/C12H15N5O4/c1-16(11-13-3-2-4-14-11)7-10(19)21-8-9(18)17-6-5-15-12(17)20/h2-4H,5-8H2,1H3,(H,15,20). The van der Waals surface area contributed by atoms with Gasteiger partial charge in [0.15, 0.2) is 6.61 Å². The zero-order valence-electron chi connectivity index (χ0n) is 11.5. The van der Waals surface area contributed by atoms with E-state index in [0.29, 0.717) is 12.5 Å². The first-order chi connectivity index (χ1) is 10.1. The third-order valence-electron chi connectivity index (χ3n) is 2.77. The first-order valence-corrected chi connectivity index (χ1v) is 6.30. The largest absolute Gasteiger partial charge is 0.454 e. The van der Waals surface area contributed by atoms with Crippen LogP contribution in [0.4, 0.5) is 10.7 Å². The number of carbonyl (C=O) groups is 3. The van der Waals surface area contributed by atoms with E-state index in [1.165, 1.54) is 4.90 Å². The summed E-state index contributed by atoms with van der Waals surface area (Å²) in [6.45, 7) is 0.138. The summed E-state index contributed by atoms with van der Waals surface area (Å²) in [6, 6.07) is 1.20. The van der Waals surface area contributed by atoms with Crippen molar-refractivity contribution in [3.05, 3.63) is 18.5 Å². The fraction of sp³-hybridized carbons (Fsp3) is 0.417. The van der Waals surface area contributed by atoms with E-state index in [-0.39, 0.29) is 13.1 Å². The molecule has 0 unspecified atom stereocenters. The number of anilines is 1. The lowest BCUT2D eigenvalue weighted by Crippen LogP contribution is -2.38. The van der Waals surface area contributed by atoms with Crippen molar-refractivity contribution in [1.29, 1.82) is 0 Å². The van der Waals surface area contributed by atoms with Crippen molar-refractivity contribution in [1.82, 2.24) is 20.2 Å². The van der Waals surface area contributed by atoms with E-state index in [2.05, 4.69) is 15.3 Å². The Balaban J connectivity index is 1.77. The zero-order valence-corrected chi connectivity index (χ0v) is 11.5. The van der Waals surface area contributed by atoms with Crippen LogP contribution in [-0.4, -0.2) is 66.1 Å². The highest BCUT2D eigenvalue weighted by molar-refractivity contribution is 5.97. The second-order valence-electron chi connectivity index (χ2n) is 4.34. The Morgan fingerprint density at radius 3 is 2.76 bits per heavy atom. The zero-order chi connectivity index (χ0) is 15.2. The molecular formula is C12H15N5O4. The lowest BCUT2D eigenvalue weighted by atomic mass is 10.5. The number of rotatable bonds is 5. The Labute approximate surface area is 120 Å². The van der Waals surface area contributed by atoms with Crippen LogP contribution >= 0.6 is 0 Å². The molecule has 1 aliphatic heterocycles. The highest BCUT2D eigenvalue weighted by atomic mass is 16.5. The van der Waals surface area contributed by atoms with Crippen LogP contribution in [-0.2, 0) is 14.3 Å². The first-order valence-electron chi connectivity index (χ1n) is 6.30. The number of esters is 1. The van der Waals surface area contributed by atoms with Crippen molar-refractivity contribution in [2.24, 2.45) is 0 Å². The Morgan fingerprint density at radius 2 is 2.14 bits per heavy atom. The number of urea groups is 1. The van der Waals surface area contributed by atoms with Crippen LogP contribution in [0.5, 0.6) is 0 Å². The minimum Gasteiger partial charge on any atom is -0.454 e. The number of amides is 3. The van der Waals surface area contributed by atoms with E-state index in [4.69, 9.17) is 4.74 Å². The molecule has 1 aromatic heterocycles. The summed E-state index contributed by atoms with van der Waals surface area (Å²) in [6.07, 6.45) is 3.11. The molecule has 2 rings (SSSR count). The number of nitrogens with one attached hydrogen (secondary N) is 1. The van der Waals surface area contributed by atoms with E-state index in [9.17, 15) is 14.4 Å². The molecule has 1 aliphatic rings. The Bertz CT molecular complexity index is 536. The Morgan fingerprint density at radius 1 is 1.43 bits per heavy atom. The third-order valence-corrected chi connectivity index (χ3v) is 2.77. The van der Waals surface area contributed by atoms with E-state index in [1.807, 2.05) is 0 Å². The number of imide groups is 1. The van der Waals surface area contributed by atoms with E-state index in [0.717, 1.165) is 4.90 Å². The molecule has 9 heteroatoms. The van der Waals surface area contributed by atoms with Crippen LogP contribution in [0.15, 0.2) is 18.5 Å². The minimum atomic E-state index is -0.599. The summed E-state index contributed by atoms with van der Waals surface area (Å²) >= 11 is 0. The summed E-state index contributed by atoms with van der Waals surface area (Å²) in [5.74, 6) is -0.769. The molecule has 0 spiro atoms. The number of hydrogen-bond donors (Lipinski definition) is 1. The van der Waals surface area contributed by atoms with Gasteiger partial charge in [0, 0.05) is 32.5 Å². The van der Waals surface area contributed by atoms with Crippen LogP contribution in [0, 0.1) is 0 Å². The van der Waals surface area contributed by atoms with Gasteiger partial charge in [0.2, 0.25) is 5.95 Å². The summed E-state index contributed by atoms with van der Waals surface area (Å²) in [4.78, 5) is 45.0. The number of aromatic nitrogens is 2. The van der Waals surface area contributed by atoms with Gasteiger partial charge >= 0.3 is 12.0 Å². The maximum Gasteiger partial charge on any atom is 0.326 e. The fourth-order valence-electron chi connectivity index (χ4n) is 1.73. The monoisotopic (exact) mass is 293 g/mol. The van der Waals surface area contributed by atoms with E-state index < -0.39 is 24.5 Å². The number of likely N-dealkylation sites (N-methyl/N-ethyl adjacent to an activating group) is 1. The highest BCUT2D eigenvalue weighted by Gasteiger charge is 2.26. The van der Waals surface area contributed by atoms with Gasteiger partial charge < -0.3 is 15.0 Å². The van der Waals surface area contributed by atoms with Crippen molar-refractivity contribution in [3.63, 3.8) is 0 Å². The van der Waals surface area contributed by atoms with E-state index >= 15 is 0 Å². The summed E-state index contributed by atoms with van der Waals surface area (Å²) in [5, 5.41) is 2.49. The molecule has 2 heterocycles. The Kier molecular flexibility index (Phi) is 4.64. The molecule has 1 fully saturated rings. The van der Waals surface area contributed by atoms with Gasteiger partial charge in [0.05, 0.1) is 0 Å². The van der Waals surface area contributed by atoms with Crippen LogP contribution in [0.3, 0.4) is 0 Å². The molecule has 1 saturated heterocycles. The molecule has 0 aromatic carbocycles. The van der Waals surface area contributed by atoms with Gasteiger partial charge in [-0.15, -0.1) is 0 Å². The SMILES string of the molecule is CN(CC(=O)OCC(=O)N1CCNC1=O)c1ncccn1. The van der Waals surface area contributed by atoms with Crippen LogP contribution in [0.25, 0.3) is 0 Å². The average Bonchev–Trinajstić information content (AvgIpc) is 2.92. The normalized spacial score (nSPS) is 13.8. The molecule has 112 valence electrons. The number of nitrogens with zero attached hydrogens (tertiary/aromatic N) is 4. The minimum absolute atomic E-state index is 0.0938. The third kappa shape index (κ3) is 3.88.